The van der Waals surface area contributed by atoms with Crippen molar-refractivity contribution in [3.63, 3.8) is 0 Å². The van der Waals surface area contributed by atoms with Gasteiger partial charge >= 0.3 is 6.18 Å². The minimum Gasteiger partial charge on any atom is -0.484 e. The van der Waals surface area contributed by atoms with Crippen LogP contribution in [0.2, 0.25) is 0 Å². The molecule has 0 aliphatic heterocycles. The summed E-state index contributed by atoms with van der Waals surface area (Å²) in [6, 6.07) is 10.7. The normalized spacial score (nSPS) is 10.9. The lowest BCUT2D eigenvalue weighted by Gasteiger charge is -2.11. The molecule has 0 spiro atoms. The Labute approximate surface area is 141 Å². The molecule has 2 N–H and O–H groups in total. The van der Waals surface area contributed by atoms with E-state index in [1.165, 1.54) is 25.1 Å². The van der Waals surface area contributed by atoms with Crippen LogP contribution in [-0.2, 0) is 15.8 Å². The number of hydrogen-bond donors (Lipinski definition) is 2. The smallest absolute Gasteiger partial charge is 0.416 e. The SMILES string of the molecule is CC(=O)Nc1cccc(OCC(=O)Nc2cccc(C(F)(F)F)c2)c1. The van der Waals surface area contributed by atoms with Gasteiger partial charge in [-0.2, -0.15) is 13.2 Å². The first-order valence-corrected chi connectivity index (χ1v) is 7.21. The first-order chi connectivity index (χ1) is 11.7. The second kappa shape index (κ2) is 7.69. The Hall–Kier alpha value is -3.03. The van der Waals surface area contributed by atoms with E-state index in [0.29, 0.717) is 11.4 Å². The number of halogens is 3. The minimum atomic E-state index is -4.48. The summed E-state index contributed by atoms with van der Waals surface area (Å²) in [5.74, 6) is -0.519. The van der Waals surface area contributed by atoms with Gasteiger partial charge in [0.15, 0.2) is 6.61 Å². The molecule has 0 aromatic heterocycles. The first kappa shape index (κ1) is 18.3. The van der Waals surface area contributed by atoms with Crippen molar-refractivity contribution in [2.24, 2.45) is 0 Å². The van der Waals surface area contributed by atoms with Gasteiger partial charge in [-0.05, 0) is 30.3 Å². The Kier molecular flexibility index (Phi) is 5.63. The molecule has 0 atom stereocenters. The quantitative estimate of drug-likeness (QED) is 0.863. The maximum Gasteiger partial charge on any atom is 0.416 e. The van der Waals surface area contributed by atoms with Gasteiger partial charge in [0.25, 0.3) is 5.91 Å². The highest BCUT2D eigenvalue weighted by atomic mass is 19.4. The van der Waals surface area contributed by atoms with Crippen molar-refractivity contribution in [3.05, 3.63) is 54.1 Å². The zero-order chi connectivity index (χ0) is 18.4. The summed E-state index contributed by atoms with van der Waals surface area (Å²) < 4.78 is 43.2. The van der Waals surface area contributed by atoms with Crippen LogP contribution in [0.1, 0.15) is 12.5 Å². The number of amides is 2. The van der Waals surface area contributed by atoms with E-state index in [2.05, 4.69) is 10.6 Å². The Balaban J connectivity index is 1.94. The van der Waals surface area contributed by atoms with E-state index in [1.54, 1.807) is 18.2 Å². The summed E-state index contributed by atoms with van der Waals surface area (Å²) in [6.07, 6.45) is -4.48. The Bertz CT molecular complexity index is 776. The summed E-state index contributed by atoms with van der Waals surface area (Å²) in [4.78, 5) is 22.8. The number of hydrogen-bond acceptors (Lipinski definition) is 3. The molecule has 0 fully saturated rings. The maximum atomic E-state index is 12.6. The van der Waals surface area contributed by atoms with Gasteiger partial charge in [-0.25, -0.2) is 0 Å². The molecule has 0 bridgehead atoms. The first-order valence-electron chi connectivity index (χ1n) is 7.21. The van der Waals surface area contributed by atoms with Crippen LogP contribution >= 0.6 is 0 Å². The average molecular weight is 352 g/mol. The lowest BCUT2D eigenvalue weighted by atomic mass is 10.2. The predicted molar refractivity (Wildman–Crippen MR) is 86.3 cm³/mol. The summed E-state index contributed by atoms with van der Waals surface area (Å²) in [5.41, 5.74) is -0.326. The Morgan fingerprint density at radius 3 is 2.28 bits per heavy atom. The van der Waals surface area contributed by atoms with E-state index in [0.717, 1.165) is 12.1 Å². The maximum absolute atomic E-state index is 12.6. The predicted octanol–water partition coefficient (Wildman–Crippen LogP) is 3.68. The fourth-order valence-electron chi connectivity index (χ4n) is 1.99. The summed E-state index contributed by atoms with van der Waals surface area (Å²) in [5, 5.41) is 4.90. The van der Waals surface area contributed by atoms with Gasteiger partial charge < -0.3 is 15.4 Å². The van der Waals surface area contributed by atoms with E-state index in [-0.39, 0.29) is 18.2 Å². The van der Waals surface area contributed by atoms with E-state index in [1.807, 2.05) is 0 Å². The molecule has 2 aromatic carbocycles. The highest BCUT2D eigenvalue weighted by Gasteiger charge is 2.30. The molecule has 0 unspecified atom stereocenters. The van der Waals surface area contributed by atoms with Gasteiger partial charge in [-0.3, -0.25) is 9.59 Å². The molecule has 0 saturated carbocycles. The van der Waals surface area contributed by atoms with E-state index in [9.17, 15) is 22.8 Å². The lowest BCUT2D eigenvalue weighted by Crippen LogP contribution is -2.20. The number of benzene rings is 2. The monoisotopic (exact) mass is 352 g/mol. The summed E-state index contributed by atoms with van der Waals surface area (Å²) in [7, 11) is 0. The topological polar surface area (TPSA) is 67.4 Å². The van der Waals surface area contributed by atoms with Crippen LogP contribution in [0.15, 0.2) is 48.5 Å². The highest BCUT2D eigenvalue weighted by molar-refractivity contribution is 5.92. The summed E-state index contributed by atoms with van der Waals surface area (Å²) >= 11 is 0. The lowest BCUT2D eigenvalue weighted by molar-refractivity contribution is -0.137. The fraction of sp³-hybridized carbons (Fsp3) is 0.176. The molecule has 0 aliphatic rings. The van der Waals surface area contributed by atoms with Gasteiger partial charge in [0.1, 0.15) is 5.75 Å². The molecule has 25 heavy (non-hydrogen) atoms. The molecule has 2 amide bonds. The van der Waals surface area contributed by atoms with Gasteiger partial charge in [-0.15, -0.1) is 0 Å². The molecule has 5 nitrogen and oxygen atoms in total. The molecule has 2 aromatic rings. The number of nitrogens with one attached hydrogen (secondary N) is 2. The third-order valence-corrected chi connectivity index (χ3v) is 3.00. The molecule has 0 heterocycles. The van der Waals surface area contributed by atoms with Gasteiger partial charge in [-0.1, -0.05) is 12.1 Å². The molecule has 8 heteroatoms. The largest absolute Gasteiger partial charge is 0.484 e. The number of carbonyl (C=O) groups is 2. The van der Waals surface area contributed by atoms with Gasteiger partial charge in [0.05, 0.1) is 5.56 Å². The Morgan fingerprint density at radius 2 is 1.64 bits per heavy atom. The van der Waals surface area contributed by atoms with E-state index in [4.69, 9.17) is 4.74 Å². The van der Waals surface area contributed by atoms with Crippen molar-refractivity contribution in [1.29, 1.82) is 0 Å². The third kappa shape index (κ3) is 5.83. The molecule has 0 radical (unpaired) electrons. The molecule has 2 rings (SSSR count). The third-order valence-electron chi connectivity index (χ3n) is 3.00. The van der Waals surface area contributed by atoms with Crippen LogP contribution in [-0.4, -0.2) is 18.4 Å². The van der Waals surface area contributed by atoms with Crippen molar-refractivity contribution in [2.75, 3.05) is 17.2 Å². The van der Waals surface area contributed by atoms with Crippen LogP contribution in [0.25, 0.3) is 0 Å². The standard InChI is InChI=1S/C17H15F3N2O3/c1-11(23)21-14-6-3-7-15(9-14)25-10-16(24)22-13-5-2-4-12(8-13)17(18,19)20/h2-9H,10H2,1H3,(H,21,23)(H,22,24). The van der Waals surface area contributed by atoms with Gasteiger partial charge in [0.2, 0.25) is 5.91 Å². The van der Waals surface area contributed by atoms with Crippen molar-refractivity contribution >= 4 is 23.2 Å². The van der Waals surface area contributed by atoms with E-state index < -0.39 is 17.6 Å². The number of rotatable bonds is 5. The molecular weight excluding hydrogens is 337 g/mol. The molecule has 132 valence electrons. The number of carbonyl (C=O) groups excluding carboxylic acids is 2. The van der Waals surface area contributed by atoms with Crippen molar-refractivity contribution in [2.45, 2.75) is 13.1 Å². The summed E-state index contributed by atoms with van der Waals surface area (Å²) in [6.45, 7) is 0.968. The zero-order valence-electron chi connectivity index (χ0n) is 13.2. The number of ether oxygens (including phenoxy) is 1. The fourth-order valence-corrected chi connectivity index (χ4v) is 1.99. The Morgan fingerprint density at radius 1 is 1.00 bits per heavy atom. The average Bonchev–Trinajstić information content (AvgIpc) is 2.52. The number of alkyl halides is 3. The van der Waals surface area contributed by atoms with Crippen LogP contribution in [0.3, 0.4) is 0 Å². The number of anilines is 2. The van der Waals surface area contributed by atoms with Crippen LogP contribution in [0.4, 0.5) is 24.5 Å². The molecule has 0 aliphatic carbocycles. The second-order valence-corrected chi connectivity index (χ2v) is 5.12. The van der Waals surface area contributed by atoms with Crippen LogP contribution < -0.4 is 15.4 Å². The van der Waals surface area contributed by atoms with E-state index >= 15 is 0 Å². The minimum absolute atomic E-state index is 0.0235. The van der Waals surface area contributed by atoms with Gasteiger partial charge in [0, 0.05) is 24.4 Å². The zero-order valence-corrected chi connectivity index (χ0v) is 13.2. The molecular formula is C17H15F3N2O3. The highest BCUT2D eigenvalue weighted by Crippen LogP contribution is 2.30. The second-order valence-electron chi connectivity index (χ2n) is 5.12. The van der Waals surface area contributed by atoms with Crippen LogP contribution in [0.5, 0.6) is 5.75 Å². The molecule has 0 saturated heterocycles. The van der Waals surface area contributed by atoms with Crippen molar-refractivity contribution < 1.29 is 27.5 Å². The van der Waals surface area contributed by atoms with Crippen LogP contribution in [0, 0.1) is 0 Å². The van der Waals surface area contributed by atoms with Crippen molar-refractivity contribution in [1.82, 2.24) is 0 Å². The van der Waals surface area contributed by atoms with Crippen molar-refractivity contribution in [3.8, 4) is 5.75 Å².